The third kappa shape index (κ3) is 2.71. The van der Waals surface area contributed by atoms with Gasteiger partial charge in [-0.25, -0.2) is 4.79 Å². The van der Waals surface area contributed by atoms with Gasteiger partial charge in [0.05, 0.1) is 19.0 Å². The molecule has 24 heavy (non-hydrogen) atoms. The number of pyridine rings is 1. The zero-order chi connectivity index (χ0) is 17.2. The Morgan fingerprint density at radius 3 is 2.58 bits per heavy atom. The summed E-state index contributed by atoms with van der Waals surface area (Å²) in [6.45, 7) is 1.64. The predicted molar refractivity (Wildman–Crippen MR) is 87.6 cm³/mol. The molecule has 0 saturated carbocycles. The predicted octanol–water partition coefficient (Wildman–Crippen LogP) is 1.89. The van der Waals surface area contributed by atoms with Crippen molar-refractivity contribution in [3.63, 3.8) is 0 Å². The Balaban J connectivity index is 1.86. The van der Waals surface area contributed by atoms with E-state index in [1.807, 2.05) is 0 Å². The number of imide groups is 1. The molecule has 1 N–H and O–H groups in total. The third-order valence-electron chi connectivity index (χ3n) is 3.83. The number of urea groups is 1. The highest BCUT2D eigenvalue weighted by atomic mass is 16.5. The standard InChI is InChI=1S/C17H16N4O3/c1-17(12-6-8-14(24-2)9-7-12)15(22)21(16(23)20-17)19-11-13-5-3-4-10-18-13/h3-11H,1-2H3,(H,20,23)/b19-11-/t17-/m0/s1. The van der Waals surface area contributed by atoms with Crippen molar-refractivity contribution < 1.29 is 14.3 Å². The molecule has 2 heterocycles. The molecule has 0 aliphatic carbocycles. The van der Waals surface area contributed by atoms with E-state index >= 15 is 0 Å². The summed E-state index contributed by atoms with van der Waals surface area (Å²) in [5, 5.41) is 7.47. The molecule has 1 aromatic carbocycles. The van der Waals surface area contributed by atoms with Gasteiger partial charge in [0.1, 0.15) is 11.3 Å². The number of methoxy groups -OCH3 is 1. The highest BCUT2D eigenvalue weighted by molar-refractivity contribution is 6.07. The van der Waals surface area contributed by atoms with Gasteiger partial charge in [-0.1, -0.05) is 18.2 Å². The van der Waals surface area contributed by atoms with E-state index < -0.39 is 17.5 Å². The van der Waals surface area contributed by atoms with Crippen LogP contribution in [-0.2, 0) is 10.3 Å². The Labute approximate surface area is 139 Å². The van der Waals surface area contributed by atoms with Crippen LogP contribution >= 0.6 is 0 Å². The summed E-state index contributed by atoms with van der Waals surface area (Å²) in [5.41, 5.74) is 0.0264. The molecule has 0 unspecified atom stereocenters. The summed E-state index contributed by atoms with van der Waals surface area (Å²) in [5.74, 6) is 0.217. The Morgan fingerprint density at radius 1 is 1.21 bits per heavy atom. The van der Waals surface area contributed by atoms with Crippen molar-refractivity contribution in [3.05, 3.63) is 59.9 Å². The van der Waals surface area contributed by atoms with Gasteiger partial charge in [0.2, 0.25) is 0 Å². The van der Waals surface area contributed by atoms with Gasteiger partial charge < -0.3 is 10.1 Å². The molecule has 3 rings (SSSR count). The number of nitrogens with zero attached hydrogens (tertiary/aromatic N) is 3. The van der Waals surface area contributed by atoms with Crippen LogP contribution in [0, 0.1) is 0 Å². The number of hydrogen-bond donors (Lipinski definition) is 1. The lowest BCUT2D eigenvalue weighted by molar-refractivity contribution is -0.131. The highest BCUT2D eigenvalue weighted by Crippen LogP contribution is 2.30. The zero-order valence-electron chi connectivity index (χ0n) is 13.3. The molecular weight excluding hydrogens is 308 g/mol. The fourth-order valence-electron chi connectivity index (χ4n) is 2.42. The first-order chi connectivity index (χ1) is 11.5. The molecular formula is C17H16N4O3. The maximum Gasteiger partial charge on any atom is 0.346 e. The molecule has 1 aliphatic rings. The van der Waals surface area contributed by atoms with Gasteiger partial charge in [-0.3, -0.25) is 9.78 Å². The maximum absolute atomic E-state index is 12.7. The van der Waals surface area contributed by atoms with Crippen molar-refractivity contribution >= 4 is 18.2 Å². The quantitative estimate of drug-likeness (QED) is 0.687. The number of nitrogens with one attached hydrogen (secondary N) is 1. The summed E-state index contributed by atoms with van der Waals surface area (Å²) in [7, 11) is 1.56. The van der Waals surface area contributed by atoms with E-state index in [9.17, 15) is 9.59 Å². The number of aromatic nitrogens is 1. The molecule has 7 nitrogen and oxygen atoms in total. The summed E-state index contributed by atoms with van der Waals surface area (Å²) in [6, 6.07) is 11.7. The first-order valence-corrected chi connectivity index (χ1v) is 7.31. The van der Waals surface area contributed by atoms with Gasteiger partial charge in [-0.2, -0.15) is 5.10 Å². The molecule has 1 fully saturated rings. The lowest BCUT2D eigenvalue weighted by atomic mass is 9.92. The van der Waals surface area contributed by atoms with E-state index in [1.54, 1.807) is 62.7 Å². The SMILES string of the molecule is COc1ccc([C@]2(C)NC(=O)N(/N=C\c3ccccn3)C2=O)cc1. The minimum Gasteiger partial charge on any atom is -0.497 e. The lowest BCUT2D eigenvalue weighted by Gasteiger charge is -2.21. The number of rotatable bonds is 4. The van der Waals surface area contributed by atoms with Crippen LogP contribution in [0.3, 0.4) is 0 Å². The van der Waals surface area contributed by atoms with E-state index in [0.29, 0.717) is 17.0 Å². The molecule has 1 saturated heterocycles. The third-order valence-corrected chi connectivity index (χ3v) is 3.83. The number of benzene rings is 1. The fraction of sp³-hybridized carbons (Fsp3) is 0.176. The molecule has 0 spiro atoms. The van der Waals surface area contributed by atoms with Crippen LogP contribution in [0.15, 0.2) is 53.8 Å². The first kappa shape index (κ1) is 15.7. The Bertz CT molecular complexity index is 789. The average molecular weight is 324 g/mol. The van der Waals surface area contributed by atoms with Crippen LogP contribution in [0.2, 0.25) is 0 Å². The minimum atomic E-state index is -1.18. The van der Waals surface area contributed by atoms with Gasteiger partial charge in [-0.05, 0) is 36.8 Å². The molecule has 0 bridgehead atoms. The van der Waals surface area contributed by atoms with Crippen LogP contribution in [-0.4, -0.2) is 35.3 Å². The van der Waals surface area contributed by atoms with Crippen LogP contribution < -0.4 is 10.1 Å². The monoisotopic (exact) mass is 324 g/mol. The Hall–Kier alpha value is -3.22. The van der Waals surface area contributed by atoms with Gasteiger partial charge in [-0.15, -0.1) is 5.01 Å². The lowest BCUT2D eigenvalue weighted by Crippen LogP contribution is -2.40. The van der Waals surface area contributed by atoms with E-state index in [1.165, 1.54) is 6.21 Å². The minimum absolute atomic E-state index is 0.454. The van der Waals surface area contributed by atoms with Crippen molar-refractivity contribution in [2.45, 2.75) is 12.5 Å². The highest BCUT2D eigenvalue weighted by Gasteiger charge is 2.49. The fourth-order valence-corrected chi connectivity index (χ4v) is 2.42. The van der Waals surface area contributed by atoms with Crippen molar-refractivity contribution in [3.8, 4) is 5.75 Å². The topological polar surface area (TPSA) is 83.9 Å². The average Bonchev–Trinajstić information content (AvgIpc) is 2.84. The van der Waals surface area contributed by atoms with E-state index in [-0.39, 0.29) is 0 Å². The number of carbonyl (C=O) groups is 2. The van der Waals surface area contributed by atoms with E-state index in [0.717, 1.165) is 5.01 Å². The molecule has 122 valence electrons. The molecule has 1 aliphatic heterocycles. The molecule has 0 radical (unpaired) electrons. The molecule has 2 aromatic rings. The number of hydrazone groups is 1. The van der Waals surface area contributed by atoms with Crippen molar-refractivity contribution in [2.75, 3.05) is 7.11 Å². The van der Waals surface area contributed by atoms with Gasteiger partial charge in [0.25, 0.3) is 5.91 Å². The van der Waals surface area contributed by atoms with Crippen LogP contribution in [0.5, 0.6) is 5.75 Å². The normalized spacial score (nSPS) is 20.5. The van der Waals surface area contributed by atoms with Crippen molar-refractivity contribution in [1.82, 2.24) is 15.3 Å². The van der Waals surface area contributed by atoms with Crippen LogP contribution in [0.1, 0.15) is 18.2 Å². The maximum atomic E-state index is 12.7. The number of carbonyl (C=O) groups excluding carboxylic acids is 2. The van der Waals surface area contributed by atoms with Crippen LogP contribution in [0.4, 0.5) is 4.79 Å². The van der Waals surface area contributed by atoms with Crippen molar-refractivity contribution in [1.29, 1.82) is 0 Å². The number of ether oxygens (including phenoxy) is 1. The zero-order valence-corrected chi connectivity index (χ0v) is 13.3. The summed E-state index contributed by atoms with van der Waals surface area (Å²) < 4.78 is 5.11. The molecule has 1 aromatic heterocycles. The Morgan fingerprint density at radius 2 is 1.96 bits per heavy atom. The number of hydrogen-bond acceptors (Lipinski definition) is 5. The second-order valence-corrected chi connectivity index (χ2v) is 5.40. The first-order valence-electron chi connectivity index (χ1n) is 7.31. The smallest absolute Gasteiger partial charge is 0.346 e. The van der Waals surface area contributed by atoms with Gasteiger partial charge >= 0.3 is 6.03 Å². The summed E-state index contributed by atoms with van der Waals surface area (Å²) >= 11 is 0. The molecule has 1 atom stereocenters. The Kier molecular flexibility index (Phi) is 3.99. The molecule has 3 amide bonds. The van der Waals surface area contributed by atoms with Crippen molar-refractivity contribution in [2.24, 2.45) is 5.10 Å². The van der Waals surface area contributed by atoms with Crippen LogP contribution in [0.25, 0.3) is 0 Å². The summed E-state index contributed by atoms with van der Waals surface area (Å²) in [4.78, 5) is 28.9. The van der Waals surface area contributed by atoms with E-state index in [2.05, 4.69) is 15.4 Å². The number of amides is 3. The van der Waals surface area contributed by atoms with E-state index in [4.69, 9.17) is 4.74 Å². The summed E-state index contributed by atoms with van der Waals surface area (Å²) in [6.07, 6.45) is 2.98. The van der Waals surface area contributed by atoms with Gasteiger partial charge in [0.15, 0.2) is 0 Å². The second-order valence-electron chi connectivity index (χ2n) is 5.40. The molecule has 7 heteroatoms. The second kappa shape index (κ2) is 6.11. The largest absolute Gasteiger partial charge is 0.497 e. The van der Waals surface area contributed by atoms with Gasteiger partial charge in [0, 0.05) is 6.20 Å².